The summed E-state index contributed by atoms with van der Waals surface area (Å²) in [5.74, 6) is -2.17. The van der Waals surface area contributed by atoms with Gasteiger partial charge in [0.25, 0.3) is 5.56 Å². The summed E-state index contributed by atoms with van der Waals surface area (Å²) in [7, 11) is 4.39. The Morgan fingerprint density at radius 1 is 1.11 bits per heavy atom. The standard InChI is InChI=1S/C32H32F2N4O6/c1-37(2)28(40)14-8-7-13-26(36-32(42)43-3)27(39)16-20-10-9-15-38(31(20)41)19-21-17-23-24(33)18-25(34)30(29(23)35-21)44-22-11-5-4-6-12-22/h4-6,8-12,14-15,18,26H,7,13,16-17,19H2,1-3H3,(H,36,42)/b14-8+/t26-/m0/s1. The van der Waals surface area contributed by atoms with Gasteiger partial charge in [0.1, 0.15) is 17.3 Å². The first-order valence-electron chi connectivity index (χ1n) is 13.8. The molecule has 2 heterocycles. The fourth-order valence-corrected chi connectivity index (χ4v) is 4.57. The molecule has 0 bridgehead atoms. The number of alkyl carbamates (subject to hydrolysis) is 1. The Morgan fingerprint density at radius 3 is 2.57 bits per heavy atom. The Labute approximate surface area is 252 Å². The van der Waals surface area contributed by atoms with E-state index in [4.69, 9.17) is 4.74 Å². The highest BCUT2D eigenvalue weighted by Crippen LogP contribution is 2.42. The molecule has 44 heavy (non-hydrogen) atoms. The number of carbonyl (C=O) groups is 3. The van der Waals surface area contributed by atoms with Gasteiger partial charge in [0.15, 0.2) is 17.3 Å². The van der Waals surface area contributed by atoms with Crippen molar-refractivity contribution in [3.8, 4) is 11.5 Å². The van der Waals surface area contributed by atoms with Crippen molar-refractivity contribution in [2.75, 3.05) is 21.2 Å². The minimum absolute atomic E-state index is 0.0267. The first-order valence-corrected chi connectivity index (χ1v) is 13.8. The van der Waals surface area contributed by atoms with Gasteiger partial charge in [-0.15, -0.1) is 0 Å². The Hall–Kier alpha value is -5.13. The molecule has 0 saturated carbocycles. The first kappa shape index (κ1) is 31.8. The van der Waals surface area contributed by atoms with Gasteiger partial charge in [0.05, 0.1) is 19.7 Å². The summed E-state index contributed by atoms with van der Waals surface area (Å²) in [6.45, 7) is -0.0318. The van der Waals surface area contributed by atoms with E-state index in [2.05, 4.69) is 15.0 Å². The summed E-state index contributed by atoms with van der Waals surface area (Å²) in [5, 5.41) is 2.49. The quantitative estimate of drug-likeness (QED) is 0.303. The van der Waals surface area contributed by atoms with Crippen molar-refractivity contribution in [2.45, 2.75) is 38.3 Å². The number of para-hydroxylation sites is 1. The molecule has 1 aliphatic heterocycles. The first-order chi connectivity index (χ1) is 21.1. The summed E-state index contributed by atoms with van der Waals surface area (Å²) >= 11 is 0. The maximum Gasteiger partial charge on any atom is 0.407 e. The second-order valence-corrected chi connectivity index (χ2v) is 10.3. The van der Waals surface area contributed by atoms with E-state index in [0.717, 1.165) is 6.07 Å². The second kappa shape index (κ2) is 14.4. The van der Waals surface area contributed by atoms with Gasteiger partial charge < -0.3 is 24.3 Å². The number of rotatable bonds is 12. The molecule has 0 fully saturated rings. The average molecular weight is 607 g/mol. The molecule has 0 unspecified atom stereocenters. The lowest BCUT2D eigenvalue weighted by molar-refractivity contribution is -0.123. The van der Waals surface area contributed by atoms with Gasteiger partial charge in [0, 0.05) is 56.0 Å². The summed E-state index contributed by atoms with van der Waals surface area (Å²) in [5.41, 5.74) is 0.287. The van der Waals surface area contributed by atoms with Gasteiger partial charge in [-0.05, 0) is 37.1 Å². The summed E-state index contributed by atoms with van der Waals surface area (Å²) in [6, 6.07) is 11.4. The fourth-order valence-electron chi connectivity index (χ4n) is 4.57. The van der Waals surface area contributed by atoms with Crippen molar-refractivity contribution in [1.29, 1.82) is 0 Å². The highest BCUT2D eigenvalue weighted by molar-refractivity contribution is 5.95. The number of pyridine rings is 1. The minimum atomic E-state index is -0.968. The lowest BCUT2D eigenvalue weighted by Gasteiger charge is -2.16. The molecule has 1 aromatic heterocycles. The van der Waals surface area contributed by atoms with E-state index in [-0.39, 0.29) is 54.3 Å². The van der Waals surface area contributed by atoms with Crippen LogP contribution in [-0.2, 0) is 33.7 Å². The third-order valence-corrected chi connectivity index (χ3v) is 6.88. The van der Waals surface area contributed by atoms with E-state index >= 15 is 0 Å². The van der Waals surface area contributed by atoms with Crippen LogP contribution in [0.2, 0.25) is 0 Å². The van der Waals surface area contributed by atoms with Crippen LogP contribution >= 0.6 is 0 Å². The lowest BCUT2D eigenvalue weighted by Crippen LogP contribution is -2.42. The molecular weight excluding hydrogens is 574 g/mol. The topological polar surface area (TPSA) is 119 Å². The number of Topliss-reactive ketones (excluding diaryl/α,β-unsaturated/α-hetero) is 1. The number of ether oxygens (including phenoxy) is 2. The van der Waals surface area contributed by atoms with E-state index in [1.54, 1.807) is 56.6 Å². The number of carbonyl (C=O) groups excluding carboxylic acids is 3. The number of aliphatic imine (C=N–C) groups is 1. The van der Waals surface area contributed by atoms with Crippen LogP contribution in [0.3, 0.4) is 0 Å². The highest BCUT2D eigenvalue weighted by Gasteiger charge is 2.27. The number of ketones is 1. The highest BCUT2D eigenvalue weighted by atomic mass is 19.1. The maximum absolute atomic E-state index is 14.7. The lowest BCUT2D eigenvalue weighted by atomic mass is 10.0. The number of hydrogen-bond acceptors (Lipinski definition) is 7. The zero-order valence-electron chi connectivity index (χ0n) is 24.5. The minimum Gasteiger partial charge on any atom is -0.453 e. The number of fused-ring (bicyclic) bond motifs is 1. The van der Waals surface area contributed by atoms with E-state index in [1.807, 2.05) is 0 Å². The number of nitrogens with one attached hydrogen (secondary N) is 1. The van der Waals surface area contributed by atoms with Crippen molar-refractivity contribution in [1.82, 2.24) is 14.8 Å². The van der Waals surface area contributed by atoms with Crippen molar-refractivity contribution in [3.05, 3.63) is 100.0 Å². The zero-order valence-corrected chi connectivity index (χ0v) is 24.5. The van der Waals surface area contributed by atoms with Crippen LogP contribution in [0.5, 0.6) is 11.5 Å². The number of allylic oxidation sites excluding steroid dienone is 1. The molecule has 4 rings (SSSR count). The molecular formula is C32H32F2N4O6. The Balaban J connectivity index is 1.50. The van der Waals surface area contributed by atoms with Crippen molar-refractivity contribution < 1.29 is 32.6 Å². The van der Waals surface area contributed by atoms with Crippen LogP contribution in [0.25, 0.3) is 0 Å². The van der Waals surface area contributed by atoms with Gasteiger partial charge in [0.2, 0.25) is 5.91 Å². The Morgan fingerprint density at radius 2 is 1.86 bits per heavy atom. The fraction of sp³-hybridized carbons (Fsp3) is 0.281. The Kier molecular flexibility index (Phi) is 10.4. The number of amides is 2. The maximum atomic E-state index is 14.7. The largest absolute Gasteiger partial charge is 0.453 e. The summed E-state index contributed by atoms with van der Waals surface area (Å²) < 4.78 is 41.1. The molecule has 2 aromatic carbocycles. The van der Waals surface area contributed by atoms with Crippen LogP contribution in [0, 0.1) is 11.6 Å². The van der Waals surface area contributed by atoms with Gasteiger partial charge in [-0.3, -0.25) is 19.4 Å². The molecule has 0 radical (unpaired) electrons. The van der Waals surface area contributed by atoms with Gasteiger partial charge in [-0.1, -0.05) is 30.3 Å². The summed E-state index contributed by atoms with van der Waals surface area (Å²) in [6.07, 6.45) is 3.92. The normalized spacial score (nSPS) is 12.8. The number of hydrogen-bond donors (Lipinski definition) is 1. The van der Waals surface area contributed by atoms with Crippen molar-refractivity contribution in [3.63, 3.8) is 0 Å². The van der Waals surface area contributed by atoms with E-state index in [9.17, 15) is 28.0 Å². The average Bonchev–Trinajstić information content (AvgIpc) is 3.43. The number of benzene rings is 2. The zero-order chi connectivity index (χ0) is 31.8. The molecule has 2 amide bonds. The number of aromatic nitrogens is 1. The number of halogens is 2. The number of likely N-dealkylation sites (N-methyl/N-ethyl adjacent to an activating group) is 1. The number of nitrogens with zero attached hydrogens (tertiary/aromatic N) is 3. The molecule has 12 heteroatoms. The Bertz CT molecular complexity index is 1670. The monoisotopic (exact) mass is 606 g/mol. The smallest absolute Gasteiger partial charge is 0.407 e. The molecule has 0 saturated heterocycles. The van der Waals surface area contributed by atoms with Crippen LogP contribution in [0.1, 0.15) is 24.0 Å². The van der Waals surface area contributed by atoms with Crippen LogP contribution in [-0.4, -0.2) is 60.2 Å². The molecule has 0 spiro atoms. The van der Waals surface area contributed by atoms with Crippen molar-refractivity contribution in [2.24, 2.45) is 4.99 Å². The van der Waals surface area contributed by atoms with E-state index in [0.29, 0.717) is 17.9 Å². The molecule has 1 aliphatic rings. The van der Waals surface area contributed by atoms with Crippen molar-refractivity contribution >= 4 is 29.2 Å². The molecule has 10 nitrogen and oxygen atoms in total. The predicted octanol–water partition coefficient (Wildman–Crippen LogP) is 4.51. The van der Waals surface area contributed by atoms with Crippen LogP contribution in [0.4, 0.5) is 19.3 Å². The van der Waals surface area contributed by atoms with Crippen LogP contribution < -0.4 is 15.6 Å². The second-order valence-electron chi connectivity index (χ2n) is 10.3. The molecule has 1 N–H and O–H groups in total. The van der Waals surface area contributed by atoms with Gasteiger partial charge >= 0.3 is 6.09 Å². The molecule has 0 aliphatic carbocycles. The molecule has 230 valence electrons. The van der Waals surface area contributed by atoms with E-state index in [1.165, 1.54) is 34.9 Å². The third kappa shape index (κ3) is 7.82. The predicted molar refractivity (Wildman–Crippen MR) is 159 cm³/mol. The molecule has 1 atom stereocenters. The summed E-state index contributed by atoms with van der Waals surface area (Å²) in [4.78, 5) is 56.0. The van der Waals surface area contributed by atoms with Gasteiger partial charge in [-0.25, -0.2) is 13.6 Å². The molecule has 3 aromatic rings. The number of methoxy groups -OCH3 is 1. The van der Waals surface area contributed by atoms with E-state index < -0.39 is 35.1 Å². The SMILES string of the molecule is COC(=O)N[C@@H](CC/C=C/C(=O)N(C)C)C(=O)Cc1cccn(CC2=Nc3c(c(F)cc(F)c3Oc3ccccc3)C2)c1=O. The van der Waals surface area contributed by atoms with Gasteiger partial charge in [-0.2, -0.15) is 0 Å². The third-order valence-electron chi connectivity index (χ3n) is 6.88. The van der Waals surface area contributed by atoms with Crippen LogP contribution in [0.15, 0.2) is 76.7 Å².